The van der Waals surface area contributed by atoms with Crippen LogP contribution in [0, 0.1) is 0 Å². The van der Waals surface area contributed by atoms with Gasteiger partial charge in [0, 0.05) is 6.61 Å². The van der Waals surface area contributed by atoms with Crippen LogP contribution in [0.2, 0.25) is 0 Å². The van der Waals surface area contributed by atoms with Gasteiger partial charge in [-0.05, 0) is 40.6 Å². The molecule has 23 heavy (non-hydrogen) atoms. The second-order valence-corrected chi connectivity index (χ2v) is 4.97. The molecule has 0 aliphatic heterocycles. The molecule has 0 amide bonds. The molecule has 0 heterocycles. The molecule has 0 aliphatic carbocycles. The van der Waals surface area contributed by atoms with Crippen molar-refractivity contribution in [2.24, 2.45) is 0 Å². The molecule has 0 saturated heterocycles. The Morgan fingerprint density at radius 3 is 2.26 bits per heavy atom. The molecule has 0 rings (SSSR count). The molecule has 0 unspecified atom stereocenters. The molecule has 6 nitrogen and oxygen atoms in total. The van der Waals surface area contributed by atoms with E-state index >= 15 is 0 Å². The molecule has 0 radical (unpaired) electrons. The Bertz CT molecular complexity index is 281. The van der Waals surface area contributed by atoms with E-state index in [4.69, 9.17) is 14.6 Å². The fourth-order valence-electron chi connectivity index (χ4n) is 1.41. The zero-order valence-corrected chi connectivity index (χ0v) is 18.5. The van der Waals surface area contributed by atoms with Gasteiger partial charge < -0.3 is 24.8 Å². The summed E-state index contributed by atoms with van der Waals surface area (Å²) < 4.78 is 9.88. The number of nitrogens with zero attached hydrogens (tertiary/aromatic N) is 2. The number of ether oxygens (including phenoxy) is 2. The van der Waals surface area contributed by atoms with Crippen LogP contribution >= 0.6 is 0 Å². The Labute approximate surface area is 154 Å². The predicted molar refractivity (Wildman–Crippen MR) is 90.2 cm³/mol. The number of aliphatic hydroxyl groups excluding tert-OH is 1. The molecule has 0 saturated carbocycles. The van der Waals surface area contributed by atoms with Gasteiger partial charge in [0.2, 0.25) is 0 Å². The van der Waals surface area contributed by atoms with Gasteiger partial charge >= 0.3 is 19.5 Å². The van der Waals surface area contributed by atoms with E-state index in [1.54, 1.807) is 13.0 Å². The first-order valence-corrected chi connectivity index (χ1v) is 7.71. The van der Waals surface area contributed by atoms with Crippen molar-refractivity contribution < 1.29 is 38.9 Å². The zero-order chi connectivity index (χ0) is 17.2. The van der Waals surface area contributed by atoms with Gasteiger partial charge in [-0.2, -0.15) is 5.70 Å². The van der Waals surface area contributed by atoms with E-state index in [2.05, 4.69) is 10.2 Å². The van der Waals surface area contributed by atoms with E-state index in [9.17, 15) is 4.79 Å². The smallest absolute Gasteiger partial charge is 0.688 e. The maximum absolute atomic E-state index is 10.7. The minimum Gasteiger partial charge on any atom is -0.688 e. The van der Waals surface area contributed by atoms with Crippen molar-refractivity contribution in [2.75, 3.05) is 60.2 Å². The second-order valence-electron chi connectivity index (χ2n) is 4.97. The number of carbonyl (C=O) groups is 1. The van der Waals surface area contributed by atoms with Crippen molar-refractivity contribution >= 4 is 5.78 Å². The molecule has 0 aliphatic rings. The summed E-state index contributed by atoms with van der Waals surface area (Å²) >= 11 is 0. The monoisotopic (exact) mass is 381 g/mol. The number of aliphatic hydroxyl groups is 1. The van der Waals surface area contributed by atoms with Crippen LogP contribution in [0.15, 0.2) is 11.8 Å². The third-order valence-corrected chi connectivity index (χ3v) is 2.35. The van der Waals surface area contributed by atoms with Crippen LogP contribution in [-0.2, 0) is 33.7 Å². The van der Waals surface area contributed by atoms with Crippen molar-refractivity contribution in [1.82, 2.24) is 4.90 Å². The van der Waals surface area contributed by atoms with Crippen molar-refractivity contribution in [3.8, 4) is 0 Å². The van der Waals surface area contributed by atoms with E-state index in [-0.39, 0.29) is 31.9 Å². The van der Waals surface area contributed by atoms with E-state index in [0.29, 0.717) is 19.8 Å². The van der Waals surface area contributed by atoms with Crippen LogP contribution in [0.1, 0.15) is 27.2 Å². The molecule has 0 aromatic rings. The molecule has 0 aromatic heterocycles. The van der Waals surface area contributed by atoms with Crippen LogP contribution in [0.25, 0.3) is 5.32 Å². The maximum atomic E-state index is 10.7. The van der Waals surface area contributed by atoms with Crippen LogP contribution in [0.4, 0.5) is 0 Å². The number of hydrogen-bond donors (Lipinski definition) is 1. The van der Waals surface area contributed by atoms with Gasteiger partial charge in [-0.3, -0.25) is 4.79 Å². The molecule has 0 aromatic carbocycles. The van der Waals surface area contributed by atoms with Gasteiger partial charge in [0.1, 0.15) is 0 Å². The molecule has 1 N–H and O–H groups in total. The summed E-state index contributed by atoms with van der Waals surface area (Å²) in [5.41, 5.74) is 0.825. The molecule has 132 valence electrons. The standard InChI is InChI=1S/C10H20N2O.C6H14O3.Zn/c1-9(8-10(2)13)11-6-5-7-12(3)4;1-2-8-5-6-9-4-3-7;/h8H,5-7H2,1-4H3,(H,11,13);7H,2-6H2,1H3;/q;;+2/p-1. The maximum Gasteiger partial charge on any atom is 2.00 e. The van der Waals surface area contributed by atoms with Crippen molar-refractivity contribution in [3.63, 3.8) is 0 Å². The fourth-order valence-corrected chi connectivity index (χ4v) is 1.41. The number of allylic oxidation sites excluding steroid dienone is 2. The van der Waals surface area contributed by atoms with Crippen LogP contribution in [0.5, 0.6) is 0 Å². The summed E-state index contributed by atoms with van der Waals surface area (Å²) in [5.74, 6) is 0.0638. The first-order valence-electron chi connectivity index (χ1n) is 7.71. The molecular weight excluding hydrogens is 350 g/mol. The fraction of sp³-hybridized carbons (Fsp3) is 0.812. The first kappa shape index (κ1) is 27.5. The third-order valence-electron chi connectivity index (χ3n) is 2.35. The minimum absolute atomic E-state index is 0. The van der Waals surface area contributed by atoms with Crippen LogP contribution in [-0.4, -0.2) is 76.0 Å². The Morgan fingerprint density at radius 1 is 1.17 bits per heavy atom. The predicted octanol–water partition coefficient (Wildman–Crippen LogP) is 1.83. The SMILES string of the molecule is CC(=O)C=C(C)[N-]CCCN(C)C.CCOCCOCCO.[Zn+2]. The minimum atomic E-state index is 0. The van der Waals surface area contributed by atoms with Crippen molar-refractivity contribution in [1.29, 1.82) is 0 Å². The molecule has 0 atom stereocenters. The topological polar surface area (TPSA) is 73.1 Å². The number of ketones is 1. The van der Waals surface area contributed by atoms with E-state index in [1.165, 1.54) is 0 Å². The number of hydrogen-bond acceptors (Lipinski definition) is 5. The van der Waals surface area contributed by atoms with Gasteiger partial charge in [0.25, 0.3) is 0 Å². The zero-order valence-electron chi connectivity index (χ0n) is 15.5. The van der Waals surface area contributed by atoms with Gasteiger partial charge in [-0.25, -0.2) is 0 Å². The van der Waals surface area contributed by atoms with Crippen molar-refractivity contribution in [2.45, 2.75) is 27.2 Å². The largest absolute Gasteiger partial charge is 2.00 e. The van der Waals surface area contributed by atoms with Gasteiger partial charge in [0.15, 0.2) is 5.78 Å². The summed E-state index contributed by atoms with van der Waals surface area (Å²) in [6.45, 7) is 9.60. The molecule has 0 fully saturated rings. The summed E-state index contributed by atoms with van der Waals surface area (Å²) in [6.07, 6.45) is 2.60. The van der Waals surface area contributed by atoms with E-state index in [1.807, 2.05) is 27.9 Å². The Kier molecular flexibility index (Phi) is 25.9. The Balaban J connectivity index is -0.000000354. The first-order chi connectivity index (χ1) is 10.4. The van der Waals surface area contributed by atoms with E-state index < -0.39 is 0 Å². The number of carbonyl (C=O) groups excluding carboxylic acids is 1. The van der Waals surface area contributed by atoms with E-state index in [0.717, 1.165) is 31.8 Å². The van der Waals surface area contributed by atoms with Gasteiger partial charge in [0.05, 0.1) is 26.4 Å². The average molecular weight is 383 g/mol. The van der Waals surface area contributed by atoms with Crippen molar-refractivity contribution in [3.05, 3.63) is 17.1 Å². The Hall–Kier alpha value is -0.327. The molecule has 7 heteroatoms. The normalized spacial score (nSPS) is 10.7. The van der Waals surface area contributed by atoms with Crippen LogP contribution in [0.3, 0.4) is 0 Å². The molecule has 0 spiro atoms. The molecular formula is C16H33N2O4Zn+. The second kappa shape index (κ2) is 21.7. The molecule has 0 bridgehead atoms. The summed E-state index contributed by atoms with van der Waals surface area (Å²) in [4.78, 5) is 12.8. The average Bonchev–Trinajstić information content (AvgIpc) is 2.43. The van der Waals surface area contributed by atoms with Gasteiger partial charge in [-0.15, -0.1) is 6.54 Å². The van der Waals surface area contributed by atoms with Gasteiger partial charge in [-0.1, -0.05) is 13.3 Å². The summed E-state index contributed by atoms with van der Waals surface area (Å²) in [6, 6.07) is 0. The van der Waals surface area contributed by atoms with Crippen LogP contribution < -0.4 is 0 Å². The third kappa shape index (κ3) is 30.2. The summed E-state index contributed by atoms with van der Waals surface area (Å²) in [7, 11) is 4.08. The number of rotatable bonds is 12. The summed E-state index contributed by atoms with van der Waals surface area (Å²) in [5, 5.41) is 12.5. The quantitative estimate of drug-likeness (QED) is 0.317. The Morgan fingerprint density at radius 2 is 1.78 bits per heavy atom.